The Balaban J connectivity index is 1.93. The molecule has 1 fully saturated rings. The number of carbonyl (C=O) groups is 2. The molecule has 1 N–H and O–H groups in total. The van der Waals surface area contributed by atoms with Crippen LogP contribution in [-0.2, 0) is 16.0 Å². The van der Waals surface area contributed by atoms with Gasteiger partial charge in [-0.05, 0) is 25.0 Å². The molecule has 2 rings (SSSR count). The highest BCUT2D eigenvalue weighted by Gasteiger charge is 2.30. The normalized spacial score (nSPS) is 18.9. The van der Waals surface area contributed by atoms with Gasteiger partial charge in [0.2, 0.25) is 5.91 Å². The summed E-state index contributed by atoms with van der Waals surface area (Å²) in [5, 5.41) is 8.89. The van der Waals surface area contributed by atoms with Crippen LogP contribution in [0.25, 0.3) is 0 Å². The minimum Gasteiger partial charge on any atom is -0.481 e. The molecule has 1 aromatic heterocycles. The molecule has 1 saturated heterocycles. The molecule has 0 spiro atoms. The fraction of sp³-hybridized carbons (Fsp3) is 0.462. The summed E-state index contributed by atoms with van der Waals surface area (Å²) in [4.78, 5) is 28.6. The summed E-state index contributed by atoms with van der Waals surface area (Å²) in [6, 6.07) is 3.75. The zero-order chi connectivity index (χ0) is 13.1. The molecule has 5 nitrogen and oxygen atoms in total. The van der Waals surface area contributed by atoms with E-state index in [0.717, 1.165) is 11.3 Å². The summed E-state index contributed by atoms with van der Waals surface area (Å²) in [5.74, 6) is -1.25. The summed E-state index contributed by atoms with van der Waals surface area (Å²) in [7, 11) is 0. The third-order valence-corrected chi connectivity index (χ3v) is 3.22. The van der Waals surface area contributed by atoms with Gasteiger partial charge in [0.15, 0.2) is 0 Å². The lowest BCUT2D eigenvalue weighted by atomic mass is 10.1. The van der Waals surface area contributed by atoms with E-state index < -0.39 is 11.9 Å². The van der Waals surface area contributed by atoms with Gasteiger partial charge in [-0.3, -0.25) is 14.6 Å². The minimum atomic E-state index is -0.817. The highest BCUT2D eigenvalue weighted by molar-refractivity contribution is 5.80. The minimum absolute atomic E-state index is 0.0237. The largest absolute Gasteiger partial charge is 0.481 e. The number of likely N-dealkylation sites (tertiary alicyclic amines) is 1. The summed E-state index contributed by atoms with van der Waals surface area (Å²) in [6.07, 6.45) is 2.53. The Morgan fingerprint density at radius 1 is 1.50 bits per heavy atom. The van der Waals surface area contributed by atoms with Crippen molar-refractivity contribution >= 4 is 11.9 Å². The van der Waals surface area contributed by atoms with Crippen molar-refractivity contribution in [2.45, 2.75) is 19.8 Å². The first-order valence-electron chi connectivity index (χ1n) is 5.98. The Bertz CT molecular complexity index is 456. The number of pyridine rings is 1. The third-order valence-electron chi connectivity index (χ3n) is 3.22. The van der Waals surface area contributed by atoms with Crippen LogP contribution in [0, 0.1) is 12.8 Å². The molecule has 0 saturated carbocycles. The van der Waals surface area contributed by atoms with Crippen LogP contribution in [0.1, 0.15) is 17.7 Å². The van der Waals surface area contributed by atoms with E-state index in [0.29, 0.717) is 25.9 Å². The number of amides is 1. The first kappa shape index (κ1) is 12.5. The summed E-state index contributed by atoms with van der Waals surface area (Å²) >= 11 is 0. The SMILES string of the molecule is Cc1ccc(CC(=O)N2CCC(C(=O)O)C2)cn1. The number of nitrogens with zero attached hydrogens (tertiary/aromatic N) is 2. The van der Waals surface area contributed by atoms with Crippen LogP contribution < -0.4 is 0 Å². The van der Waals surface area contributed by atoms with E-state index in [2.05, 4.69) is 4.98 Å². The van der Waals surface area contributed by atoms with E-state index in [4.69, 9.17) is 5.11 Å². The zero-order valence-electron chi connectivity index (χ0n) is 10.3. The van der Waals surface area contributed by atoms with Crippen molar-refractivity contribution < 1.29 is 14.7 Å². The maximum absolute atomic E-state index is 12.0. The van der Waals surface area contributed by atoms with Gasteiger partial charge in [-0.1, -0.05) is 6.07 Å². The molecule has 0 bridgehead atoms. The number of carboxylic acids is 1. The van der Waals surface area contributed by atoms with Crippen molar-refractivity contribution in [3.05, 3.63) is 29.6 Å². The molecule has 5 heteroatoms. The molecule has 1 unspecified atom stereocenters. The molecule has 2 heterocycles. The average molecular weight is 248 g/mol. The Morgan fingerprint density at radius 2 is 2.28 bits per heavy atom. The molecule has 18 heavy (non-hydrogen) atoms. The van der Waals surface area contributed by atoms with Gasteiger partial charge < -0.3 is 10.0 Å². The zero-order valence-corrected chi connectivity index (χ0v) is 10.3. The van der Waals surface area contributed by atoms with Gasteiger partial charge in [0.25, 0.3) is 0 Å². The van der Waals surface area contributed by atoms with Crippen LogP contribution in [0.2, 0.25) is 0 Å². The second-order valence-electron chi connectivity index (χ2n) is 4.65. The number of hydrogen-bond acceptors (Lipinski definition) is 3. The van der Waals surface area contributed by atoms with Gasteiger partial charge in [-0.25, -0.2) is 0 Å². The number of aromatic nitrogens is 1. The van der Waals surface area contributed by atoms with Gasteiger partial charge in [-0.15, -0.1) is 0 Å². The lowest BCUT2D eigenvalue weighted by Gasteiger charge is -2.15. The smallest absolute Gasteiger partial charge is 0.308 e. The predicted molar refractivity (Wildman–Crippen MR) is 65.0 cm³/mol. The molecule has 1 amide bonds. The molecule has 0 radical (unpaired) electrons. The second-order valence-corrected chi connectivity index (χ2v) is 4.65. The van der Waals surface area contributed by atoms with E-state index in [1.165, 1.54) is 0 Å². The van der Waals surface area contributed by atoms with E-state index in [1.807, 2.05) is 19.1 Å². The Kier molecular flexibility index (Phi) is 3.60. The monoisotopic (exact) mass is 248 g/mol. The van der Waals surface area contributed by atoms with E-state index in [-0.39, 0.29) is 5.91 Å². The molecule has 0 aromatic carbocycles. The number of carbonyl (C=O) groups excluding carboxylic acids is 1. The maximum atomic E-state index is 12.0. The van der Waals surface area contributed by atoms with Gasteiger partial charge in [0, 0.05) is 25.0 Å². The Morgan fingerprint density at radius 3 is 2.83 bits per heavy atom. The van der Waals surface area contributed by atoms with Crippen LogP contribution in [0.5, 0.6) is 0 Å². The molecular weight excluding hydrogens is 232 g/mol. The van der Waals surface area contributed by atoms with Gasteiger partial charge in [-0.2, -0.15) is 0 Å². The first-order valence-corrected chi connectivity index (χ1v) is 5.98. The Hall–Kier alpha value is -1.91. The van der Waals surface area contributed by atoms with E-state index >= 15 is 0 Å². The van der Waals surface area contributed by atoms with Gasteiger partial charge in [0.1, 0.15) is 0 Å². The topological polar surface area (TPSA) is 70.5 Å². The lowest BCUT2D eigenvalue weighted by molar-refractivity contribution is -0.141. The number of aliphatic carboxylic acids is 1. The van der Waals surface area contributed by atoms with Crippen LogP contribution in [-0.4, -0.2) is 40.0 Å². The number of hydrogen-bond donors (Lipinski definition) is 1. The molecule has 1 aromatic rings. The Labute approximate surface area is 105 Å². The number of carboxylic acid groups (broad SMARTS) is 1. The number of aryl methyl sites for hydroxylation is 1. The molecular formula is C13H16N2O3. The molecule has 96 valence electrons. The highest BCUT2D eigenvalue weighted by atomic mass is 16.4. The lowest BCUT2D eigenvalue weighted by Crippen LogP contribution is -2.31. The molecule has 1 atom stereocenters. The molecule has 1 aliphatic rings. The van der Waals surface area contributed by atoms with Crippen LogP contribution in [0.4, 0.5) is 0 Å². The summed E-state index contributed by atoms with van der Waals surface area (Å²) in [5.41, 5.74) is 1.78. The average Bonchev–Trinajstić information content (AvgIpc) is 2.81. The maximum Gasteiger partial charge on any atom is 0.308 e. The standard InChI is InChI=1S/C13H16N2O3/c1-9-2-3-10(7-14-9)6-12(16)15-5-4-11(8-15)13(17)18/h2-3,7,11H,4-6,8H2,1H3,(H,17,18). The van der Waals surface area contributed by atoms with Crippen molar-refractivity contribution in [1.82, 2.24) is 9.88 Å². The van der Waals surface area contributed by atoms with Crippen molar-refractivity contribution in [1.29, 1.82) is 0 Å². The third kappa shape index (κ3) is 2.85. The van der Waals surface area contributed by atoms with Gasteiger partial charge >= 0.3 is 5.97 Å². The van der Waals surface area contributed by atoms with E-state index in [9.17, 15) is 9.59 Å². The van der Waals surface area contributed by atoms with Crippen molar-refractivity contribution in [3.63, 3.8) is 0 Å². The fourth-order valence-electron chi connectivity index (χ4n) is 2.08. The summed E-state index contributed by atoms with van der Waals surface area (Å²) < 4.78 is 0. The summed E-state index contributed by atoms with van der Waals surface area (Å²) in [6.45, 7) is 2.76. The van der Waals surface area contributed by atoms with Crippen LogP contribution in [0.3, 0.4) is 0 Å². The van der Waals surface area contributed by atoms with Crippen LogP contribution in [0.15, 0.2) is 18.3 Å². The predicted octanol–water partition coefficient (Wildman–Crippen LogP) is 0.866. The first-order chi connectivity index (χ1) is 8.56. The van der Waals surface area contributed by atoms with Crippen molar-refractivity contribution in [2.24, 2.45) is 5.92 Å². The van der Waals surface area contributed by atoms with Crippen molar-refractivity contribution in [2.75, 3.05) is 13.1 Å². The highest BCUT2D eigenvalue weighted by Crippen LogP contribution is 2.17. The van der Waals surface area contributed by atoms with Crippen molar-refractivity contribution in [3.8, 4) is 0 Å². The molecule has 1 aliphatic heterocycles. The van der Waals surface area contributed by atoms with Crippen LogP contribution >= 0.6 is 0 Å². The quantitative estimate of drug-likeness (QED) is 0.861. The van der Waals surface area contributed by atoms with E-state index in [1.54, 1.807) is 11.1 Å². The second kappa shape index (κ2) is 5.16. The van der Waals surface area contributed by atoms with Gasteiger partial charge in [0.05, 0.1) is 12.3 Å². The molecule has 0 aliphatic carbocycles. The fourth-order valence-corrected chi connectivity index (χ4v) is 2.08. The number of rotatable bonds is 3.